The van der Waals surface area contributed by atoms with Crippen molar-refractivity contribution in [1.82, 2.24) is 0 Å². The molecule has 0 aromatic rings. The predicted octanol–water partition coefficient (Wildman–Crippen LogP) is 2.91. The van der Waals surface area contributed by atoms with Gasteiger partial charge < -0.3 is 0 Å². The van der Waals surface area contributed by atoms with Crippen molar-refractivity contribution < 1.29 is 14.4 Å². The Morgan fingerprint density at radius 2 is 1.89 bits per heavy atom. The Kier molecular flexibility index (Phi) is 6.24. The quantitative estimate of drug-likeness (QED) is 0.675. The van der Waals surface area contributed by atoms with Crippen LogP contribution in [0, 0.1) is 17.8 Å². The zero-order chi connectivity index (χ0) is 14.6. The van der Waals surface area contributed by atoms with E-state index >= 15 is 0 Å². The molecule has 1 rings (SSSR count). The van der Waals surface area contributed by atoms with Crippen molar-refractivity contribution in [3.63, 3.8) is 0 Å². The van der Waals surface area contributed by atoms with Gasteiger partial charge in [-0.15, -0.1) is 0 Å². The first-order valence-electron chi connectivity index (χ1n) is 7.03. The lowest BCUT2D eigenvalue weighted by Crippen LogP contribution is -2.23. The highest BCUT2D eigenvalue weighted by Crippen LogP contribution is 2.31. The van der Waals surface area contributed by atoms with E-state index in [0.717, 1.165) is 12.2 Å². The predicted molar refractivity (Wildman–Crippen MR) is 78.3 cm³/mol. The number of ketones is 3. The van der Waals surface area contributed by atoms with Crippen LogP contribution in [-0.2, 0) is 14.4 Å². The first kappa shape index (κ1) is 16.4. The fourth-order valence-electron chi connectivity index (χ4n) is 2.05. The molecule has 0 aromatic heterocycles. The SMILES string of the molecule is CC(C)CCSC1CC(=O)C(CC(=O)C(C)C)C1=O. The van der Waals surface area contributed by atoms with Gasteiger partial charge in [0, 0.05) is 18.8 Å². The third-order valence-electron chi connectivity index (χ3n) is 3.50. The van der Waals surface area contributed by atoms with Gasteiger partial charge in [0.2, 0.25) is 0 Å². The standard InChI is InChI=1S/C15H24O3S/c1-9(2)5-6-19-14-8-13(17)11(15(14)18)7-12(16)10(3)4/h9-11,14H,5-8H2,1-4H3. The van der Waals surface area contributed by atoms with Crippen LogP contribution < -0.4 is 0 Å². The summed E-state index contributed by atoms with van der Waals surface area (Å²) in [5, 5.41) is -0.212. The summed E-state index contributed by atoms with van der Waals surface area (Å²) in [5.74, 6) is 0.706. The minimum Gasteiger partial charge on any atom is -0.299 e. The van der Waals surface area contributed by atoms with Gasteiger partial charge >= 0.3 is 0 Å². The number of hydrogen-bond donors (Lipinski definition) is 0. The zero-order valence-corrected chi connectivity index (χ0v) is 13.1. The molecule has 1 aliphatic carbocycles. The van der Waals surface area contributed by atoms with Crippen LogP contribution in [0.25, 0.3) is 0 Å². The Hall–Kier alpha value is -0.640. The molecule has 0 bridgehead atoms. The molecule has 3 nitrogen and oxygen atoms in total. The number of carbonyl (C=O) groups is 3. The first-order chi connectivity index (χ1) is 8.82. The molecule has 0 saturated heterocycles. The summed E-state index contributed by atoms with van der Waals surface area (Å²) in [5.41, 5.74) is 0. The first-order valence-corrected chi connectivity index (χ1v) is 8.08. The second-order valence-corrected chi connectivity index (χ2v) is 7.30. The highest BCUT2D eigenvalue weighted by atomic mass is 32.2. The van der Waals surface area contributed by atoms with Crippen molar-refractivity contribution >= 4 is 29.1 Å². The molecule has 0 aromatic carbocycles. The highest BCUT2D eigenvalue weighted by Gasteiger charge is 2.42. The summed E-state index contributed by atoms with van der Waals surface area (Å²) in [7, 11) is 0. The molecule has 0 amide bonds. The molecule has 1 fully saturated rings. The van der Waals surface area contributed by atoms with Crippen LogP contribution in [0.5, 0.6) is 0 Å². The minimum absolute atomic E-state index is 0.0135. The maximum Gasteiger partial charge on any atom is 0.157 e. The van der Waals surface area contributed by atoms with Gasteiger partial charge in [-0.3, -0.25) is 14.4 Å². The Balaban J connectivity index is 2.51. The monoisotopic (exact) mass is 284 g/mol. The Bertz CT molecular complexity index is 360. The smallest absolute Gasteiger partial charge is 0.157 e. The number of thioether (sulfide) groups is 1. The summed E-state index contributed by atoms with van der Waals surface area (Å²) in [6.07, 6.45) is 1.48. The fourth-order valence-corrected chi connectivity index (χ4v) is 3.55. The van der Waals surface area contributed by atoms with E-state index in [1.54, 1.807) is 25.6 Å². The minimum atomic E-state index is -0.661. The third-order valence-corrected chi connectivity index (χ3v) is 4.77. The van der Waals surface area contributed by atoms with E-state index in [1.807, 2.05) is 0 Å². The van der Waals surface area contributed by atoms with Crippen LogP contribution >= 0.6 is 11.8 Å². The largest absolute Gasteiger partial charge is 0.299 e. The molecule has 4 heteroatoms. The molecule has 2 unspecified atom stereocenters. The van der Waals surface area contributed by atoms with Gasteiger partial charge in [-0.2, -0.15) is 11.8 Å². The van der Waals surface area contributed by atoms with Gasteiger partial charge in [0.15, 0.2) is 5.78 Å². The second-order valence-electron chi connectivity index (χ2n) is 5.99. The van der Waals surface area contributed by atoms with Crippen LogP contribution in [0.15, 0.2) is 0 Å². The van der Waals surface area contributed by atoms with E-state index in [0.29, 0.717) is 12.3 Å². The van der Waals surface area contributed by atoms with Gasteiger partial charge in [0.1, 0.15) is 11.6 Å². The molecule has 0 radical (unpaired) electrons. The average Bonchev–Trinajstić information content (AvgIpc) is 2.56. The normalized spacial score (nSPS) is 23.7. The average molecular weight is 284 g/mol. The van der Waals surface area contributed by atoms with Gasteiger partial charge in [-0.25, -0.2) is 0 Å². The summed E-state index contributed by atoms with van der Waals surface area (Å²) < 4.78 is 0. The van der Waals surface area contributed by atoms with E-state index in [4.69, 9.17) is 0 Å². The number of hydrogen-bond acceptors (Lipinski definition) is 4. The Morgan fingerprint density at radius 1 is 1.26 bits per heavy atom. The number of Topliss-reactive ketones (excluding diaryl/α,β-unsaturated/α-hetero) is 3. The molecule has 2 atom stereocenters. The second kappa shape index (κ2) is 7.22. The van der Waals surface area contributed by atoms with Gasteiger partial charge in [0.25, 0.3) is 0 Å². The maximum absolute atomic E-state index is 12.2. The van der Waals surface area contributed by atoms with Gasteiger partial charge in [-0.1, -0.05) is 27.7 Å². The molecule has 0 spiro atoms. The molecular weight excluding hydrogens is 260 g/mol. The van der Waals surface area contributed by atoms with E-state index in [2.05, 4.69) is 13.8 Å². The highest BCUT2D eigenvalue weighted by molar-refractivity contribution is 8.00. The summed E-state index contributed by atoms with van der Waals surface area (Å²) in [6, 6.07) is 0. The molecule has 0 heterocycles. The van der Waals surface area contributed by atoms with Crippen molar-refractivity contribution in [3.05, 3.63) is 0 Å². The molecule has 1 aliphatic rings. The van der Waals surface area contributed by atoms with Crippen molar-refractivity contribution in [1.29, 1.82) is 0 Å². The molecule has 1 saturated carbocycles. The third kappa shape index (κ3) is 4.75. The van der Waals surface area contributed by atoms with Crippen molar-refractivity contribution in [2.24, 2.45) is 17.8 Å². The maximum atomic E-state index is 12.2. The molecular formula is C15H24O3S. The Labute approximate surface area is 119 Å². The van der Waals surface area contributed by atoms with Crippen molar-refractivity contribution in [3.8, 4) is 0 Å². The lowest BCUT2D eigenvalue weighted by molar-refractivity contribution is -0.132. The summed E-state index contributed by atoms with van der Waals surface area (Å²) in [6.45, 7) is 7.90. The fraction of sp³-hybridized carbons (Fsp3) is 0.800. The lowest BCUT2D eigenvalue weighted by Gasteiger charge is -2.11. The molecule has 108 valence electrons. The number of rotatable bonds is 7. The van der Waals surface area contributed by atoms with Crippen LogP contribution in [0.3, 0.4) is 0 Å². The molecule has 0 N–H and O–H groups in total. The van der Waals surface area contributed by atoms with E-state index < -0.39 is 5.92 Å². The van der Waals surface area contributed by atoms with Crippen LogP contribution in [0.1, 0.15) is 47.0 Å². The van der Waals surface area contributed by atoms with Gasteiger partial charge in [-0.05, 0) is 18.1 Å². The van der Waals surface area contributed by atoms with Crippen molar-refractivity contribution in [2.45, 2.75) is 52.2 Å². The van der Waals surface area contributed by atoms with Crippen LogP contribution in [-0.4, -0.2) is 28.4 Å². The molecule has 19 heavy (non-hydrogen) atoms. The van der Waals surface area contributed by atoms with Crippen LogP contribution in [0.2, 0.25) is 0 Å². The van der Waals surface area contributed by atoms with Crippen molar-refractivity contribution in [2.75, 3.05) is 5.75 Å². The molecule has 0 aliphatic heterocycles. The topological polar surface area (TPSA) is 51.2 Å². The van der Waals surface area contributed by atoms with E-state index in [9.17, 15) is 14.4 Å². The Morgan fingerprint density at radius 3 is 2.42 bits per heavy atom. The zero-order valence-electron chi connectivity index (χ0n) is 12.3. The van der Waals surface area contributed by atoms with Gasteiger partial charge in [0.05, 0.1) is 11.2 Å². The summed E-state index contributed by atoms with van der Waals surface area (Å²) >= 11 is 1.58. The lowest BCUT2D eigenvalue weighted by atomic mass is 9.94. The summed E-state index contributed by atoms with van der Waals surface area (Å²) in [4.78, 5) is 35.7. The van der Waals surface area contributed by atoms with E-state index in [1.165, 1.54) is 0 Å². The van der Waals surface area contributed by atoms with Crippen LogP contribution in [0.4, 0.5) is 0 Å². The number of carbonyl (C=O) groups excluding carboxylic acids is 3. The van der Waals surface area contributed by atoms with E-state index in [-0.39, 0.29) is 34.9 Å².